The highest BCUT2D eigenvalue weighted by Gasteiger charge is 2.34. The summed E-state index contributed by atoms with van der Waals surface area (Å²) in [6.07, 6.45) is 2.86. The Hall–Kier alpha value is -1.55. The number of nitrogens with zero attached hydrogens (tertiary/aromatic N) is 2. The molecule has 4 heteroatoms. The Kier molecular flexibility index (Phi) is 3.66. The van der Waals surface area contributed by atoms with E-state index >= 15 is 0 Å². The summed E-state index contributed by atoms with van der Waals surface area (Å²) >= 11 is 0. The van der Waals surface area contributed by atoms with Crippen molar-refractivity contribution < 1.29 is 4.79 Å². The minimum Gasteiger partial charge on any atom is -0.370 e. The first-order valence-electron chi connectivity index (χ1n) is 7.47. The number of hydrogen-bond acceptors (Lipinski definition) is 3. The molecule has 1 aromatic rings. The Balaban J connectivity index is 1.81. The number of fused-ring (bicyclic) bond motifs is 1. The zero-order valence-electron chi connectivity index (χ0n) is 12.1. The number of rotatable bonds is 3. The second-order valence-corrected chi connectivity index (χ2v) is 6.11. The number of carbonyl (C=O) groups is 1. The number of hydrogen-bond donors (Lipinski definition) is 1. The summed E-state index contributed by atoms with van der Waals surface area (Å²) in [5.41, 5.74) is 8.02. The number of primary amides is 1. The second kappa shape index (κ2) is 5.44. The van der Waals surface area contributed by atoms with Crippen LogP contribution in [0.15, 0.2) is 24.3 Å². The van der Waals surface area contributed by atoms with Gasteiger partial charge in [-0.3, -0.25) is 4.79 Å². The predicted octanol–water partition coefficient (Wildman–Crippen LogP) is 1.56. The first kappa shape index (κ1) is 13.4. The molecule has 0 spiro atoms. The van der Waals surface area contributed by atoms with Crippen molar-refractivity contribution in [2.75, 3.05) is 31.6 Å². The van der Waals surface area contributed by atoms with E-state index in [0.717, 1.165) is 19.6 Å². The van der Waals surface area contributed by atoms with Crippen LogP contribution in [0.5, 0.6) is 0 Å². The number of benzene rings is 1. The molecule has 0 saturated carbocycles. The lowest BCUT2D eigenvalue weighted by molar-refractivity contribution is -0.118. The van der Waals surface area contributed by atoms with Gasteiger partial charge in [-0.2, -0.15) is 0 Å². The van der Waals surface area contributed by atoms with Crippen molar-refractivity contribution in [3.8, 4) is 0 Å². The van der Waals surface area contributed by atoms with Crippen LogP contribution in [0.1, 0.15) is 30.7 Å². The molecule has 1 aromatic carbocycles. The van der Waals surface area contributed by atoms with Crippen LogP contribution in [0.2, 0.25) is 0 Å². The lowest BCUT2D eigenvalue weighted by Gasteiger charge is -2.37. The maximum absolute atomic E-state index is 11.3. The number of carbonyl (C=O) groups excluding carboxylic acids is 1. The summed E-state index contributed by atoms with van der Waals surface area (Å²) in [5, 5.41) is 0. The van der Waals surface area contributed by atoms with Crippen molar-refractivity contribution in [1.82, 2.24) is 4.90 Å². The molecule has 2 N–H and O–H groups in total. The summed E-state index contributed by atoms with van der Waals surface area (Å²) in [7, 11) is 2.18. The highest BCUT2D eigenvalue weighted by Crippen LogP contribution is 2.40. The van der Waals surface area contributed by atoms with E-state index in [4.69, 9.17) is 5.73 Å². The number of nitrogens with two attached hydrogens (primary N) is 1. The van der Waals surface area contributed by atoms with Crippen LogP contribution in [-0.2, 0) is 4.79 Å². The normalized spacial score (nSPS) is 23.9. The summed E-state index contributed by atoms with van der Waals surface area (Å²) in [5.74, 6) is 0.0680. The molecule has 1 saturated heterocycles. The summed E-state index contributed by atoms with van der Waals surface area (Å²) in [6, 6.07) is 9.09. The van der Waals surface area contributed by atoms with E-state index in [9.17, 15) is 4.79 Å². The first-order valence-corrected chi connectivity index (χ1v) is 7.47. The molecule has 0 bridgehead atoms. The molecule has 0 aliphatic carbocycles. The molecule has 3 rings (SSSR count). The van der Waals surface area contributed by atoms with Crippen LogP contribution in [0, 0.1) is 0 Å². The van der Waals surface area contributed by atoms with Gasteiger partial charge in [0.15, 0.2) is 0 Å². The molecule has 4 nitrogen and oxygen atoms in total. The molecule has 2 heterocycles. The maximum Gasteiger partial charge on any atom is 0.218 e. The SMILES string of the molecule is CN1CCC(N2CC(CC(N)=O)c3ccccc32)CC1. The number of likely N-dealkylation sites (tertiary alicyclic amines) is 1. The van der Waals surface area contributed by atoms with Crippen molar-refractivity contribution >= 4 is 11.6 Å². The van der Waals surface area contributed by atoms with Crippen LogP contribution in [-0.4, -0.2) is 43.5 Å². The Morgan fingerprint density at radius 3 is 2.70 bits per heavy atom. The van der Waals surface area contributed by atoms with Crippen molar-refractivity contribution in [2.45, 2.75) is 31.2 Å². The van der Waals surface area contributed by atoms with Crippen molar-refractivity contribution in [3.63, 3.8) is 0 Å². The molecule has 20 heavy (non-hydrogen) atoms. The Labute approximate surface area is 120 Å². The fourth-order valence-electron chi connectivity index (χ4n) is 3.60. The monoisotopic (exact) mass is 273 g/mol. The average Bonchev–Trinajstić information content (AvgIpc) is 2.78. The number of amides is 1. The standard InChI is InChI=1S/C16H23N3O/c1-18-8-6-13(7-9-18)19-11-12(10-16(17)20)14-4-2-3-5-15(14)19/h2-5,12-13H,6-11H2,1H3,(H2,17,20). The lowest BCUT2D eigenvalue weighted by atomic mass is 9.98. The minimum absolute atomic E-state index is 0.199. The first-order chi connectivity index (χ1) is 9.65. The summed E-state index contributed by atoms with van der Waals surface area (Å²) in [4.78, 5) is 16.2. The third kappa shape index (κ3) is 2.52. The van der Waals surface area contributed by atoms with Gasteiger partial charge in [-0.15, -0.1) is 0 Å². The molecular weight excluding hydrogens is 250 g/mol. The van der Waals surface area contributed by atoms with Gasteiger partial charge in [0.2, 0.25) is 5.91 Å². The van der Waals surface area contributed by atoms with E-state index < -0.39 is 0 Å². The van der Waals surface area contributed by atoms with E-state index in [1.165, 1.54) is 24.1 Å². The van der Waals surface area contributed by atoms with Gasteiger partial charge in [0, 0.05) is 30.6 Å². The van der Waals surface area contributed by atoms with Crippen molar-refractivity contribution in [3.05, 3.63) is 29.8 Å². The van der Waals surface area contributed by atoms with Crippen LogP contribution in [0.4, 0.5) is 5.69 Å². The van der Waals surface area contributed by atoms with Crippen LogP contribution >= 0.6 is 0 Å². The van der Waals surface area contributed by atoms with E-state index in [-0.39, 0.29) is 11.8 Å². The molecule has 1 amide bonds. The molecule has 0 aromatic heterocycles. The van der Waals surface area contributed by atoms with Crippen molar-refractivity contribution in [1.29, 1.82) is 0 Å². The van der Waals surface area contributed by atoms with Gasteiger partial charge >= 0.3 is 0 Å². The smallest absolute Gasteiger partial charge is 0.218 e. The van der Waals surface area contributed by atoms with Crippen molar-refractivity contribution in [2.24, 2.45) is 5.73 Å². The van der Waals surface area contributed by atoms with Gasteiger partial charge in [0.25, 0.3) is 0 Å². The Morgan fingerprint density at radius 1 is 1.30 bits per heavy atom. The molecule has 1 atom stereocenters. The Morgan fingerprint density at radius 2 is 2.00 bits per heavy atom. The lowest BCUT2D eigenvalue weighted by Crippen LogP contribution is -2.43. The van der Waals surface area contributed by atoms with E-state index in [2.05, 4.69) is 41.1 Å². The molecule has 2 aliphatic rings. The second-order valence-electron chi connectivity index (χ2n) is 6.11. The zero-order chi connectivity index (χ0) is 14.1. The van der Waals surface area contributed by atoms with Crippen LogP contribution < -0.4 is 10.6 Å². The van der Waals surface area contributed by atoms with E-state index in [1.807, 2.05) is 0 Å². The summed E-state index contributed by atoms with van der Waals surface area (Å²) < 4.78 is 0. The molecule has 2 aliphatic heterocycles. The molecule has 1 unspecified atom stereocenters. The topological polar surface area (TPSA) is 49.6 Å². The highest BCUT2D eigenvalue weighted by molar-refractivity contribution is 5.76. The van der Waals surface area contributed by atoms with Gasteiger partial charge in [-0.05, 0) is 44.6 Å². The number of anilines is 1. The largest absolute Gasteiger partial charge is 0.370 e. The third-order valence-electron chi connectivity index (χ3n) is 4.68. The molecule has 1 fully saturated rings. The van der Waals surface area contributed by atoms with E-state index in [1.54, 1.807) is 0 Å². The summed E-state index contributed by atoms with van der Waals surface area (Å²) in [6.45, 7) is 3.25. The Bertz CT molecular complexity index is 494. The molecule has 108 valence electrons. The third-order valence-corrected chi connectivity index (χ3v) is 4.68. The zero-order valence-corrected chi connectivity index (χ0v) is 12.1. The number of para-hydroxylation sites is 1. The van der Waals surface area contributed by atoms with Crippen LogP contribution in [0.25, 0.3) is 0 Å². The fourth-order valence-corrected chi connectivity index (χ4v) is 3.60. The minimum atomic E-state index is -0.199. The van der Waals surface area contributed by atoms with Gasteiger partial charge in [0.05, 0.1) is 0 Å². The van der Waals surface area contributed by atoms with Gasteiger partial charge < -0.3 is 15.5 Å². The fraction of sp³-hybridized carbons (Fsp3) is 0.562. The quantitative estimate of drug-likeness (QED) is 0.909. The van der Waals surface area contributed by atoms with Gasteiger partial charge in [-0.25, -0.2) is 0 Å². The average molecular weight is 273 g/mol. The maximum atomic E-state index is 11.3. The number of piperidine rings is 1. The molecule has 0 radical (unpaired) electrons. The predicted molar refractivity (Wildman–Crippen MR) is 80.9 cm³/mol. The van der Waals surface area contributed by atoms with Gasteiger partial charge in [0.1, 0.15) is 0 Å². The molecular formula is C16H23N3O. The van der Waals surface area contributed by atoms with Crippen LogP contribution in [0.3, 0.4) is 0 Å². The van der Waals surface area contributed by atoms with Gasteiger partial charge in [-0.1, -0.05) is 18.2 Å². The highest BCUT2D eigenvalue weighted by atomic mass is 16.1. The van der Waals surface area contributed by atoms with E-state index in [0.29, 0.717) is 12.5 Å².